The molecule has 0 spiro atoms. The first kappa shape index (κ1) is 14.8. The highest BCUT2D eigenvalue weighted by Crippen LogP contribution is 2.29. The van der Waals surface area contributed by atoms with Gasteiger partial charge in [0.25, 0.3) is 0 Å². The van der Waals surface area contributed by atoms with Gasteiger partial charge in [0, 0.05) is 26.2 Å². The maximum absolute atomic E-state index is 8.86. The molecule has 0 atom stereocenters. The molecule has 0 saturated carbocycles. The van der Waals surface area contributed by atoms with Gasteiger partial charge in [0.15, 0.2) is 11.6 Å². The molecule has 0 aromatic carbocycles. The van der Waals surface area contributed by atoms with E-state index in [-0.39, 0.29) is 13.1 Å². The molecular weight excluding hydrogens is 268 g/mol. The Hall–Kier alpha value is -2.58. The summed E-state index contributed by atoms with van der Waals surface area (Å²) in [5.41, 5.74) is 6.59. The van der Waals surface area contributed by atoms with Crippen LogP contribution in [0.15, 0.2) is 6.33 Å². The lowest BCUT2D eigenvalue weighted by molar-refractivity contribution is 0.312. The van der Waals surface area contributed by atoms with E-state index >= 15 is 0 Å². The van der Waals surface area contributed by atoms with Crippen molar-refractivity contribution in [3.8, 4) is 12.1 Å². The van der Waals surface area contributed by atoms with Crippen molar-refractivity contribution in [2.75, 3.05) is 61.8 Å². The highest BCUT2D eigenvalue weighted by Gasteiger charge is 2.21. The Bertz CT molecular complexity index is 549. The fourth-order valence-electron chi connectivity index (χ4n) is 2.28. The first-order valence-electron chi connectivity index (χ1n) is 6.70. The first-order chi connectivity index (χ1) is 10.2. The second-order valence-corrected chi connectivity index (χ2v) is 4.90. The number of aromatic nitrogens is 2. The normalized spacial score (nSPS) is 15.3. The van der Waals surface area contributed by atoms with Crippen molar-refractivity contribution in [2.24, 2.45) is 0 Å². The summed E-state index contributed by atoms with van der Waals surface area (Å²) >= 11 is 0. The quantitative estimate of drug-likeness (QED) is 0.749. The molecule has 0 unspecified atom stereocenters. The molecule has 0 radical (unpaired) electrons. The third-order valence-electron chi connectivity index (χ3n) is 3.47. The average molecular weight is 286 g/mol. The van der Waals surface area contributed by atoms with E-state index in [1.807, 2.05) is 12.1 Å². The Balaban J connectivity index is 2.27. The number of anilines is 3. The monoisotopic (exact) mass is 286 g/mol. The van der Waals surface area contributed by atoms with Crippen molar-refractivity contribution < 1.29 is 0 Å². The topological polar surface area (TPSA) is 109 Å². The summed E-state index contributed by atoms with van der Waals surface area (Å²) in [6.45, 7) is 3.70. The van der Waals surface area contributed by atoms with Crippen molar-refractivity contribution in [1.29, 1.82) is 10.5 Å². The lowest BCUT2D eigenvalue weighted by Crippen LogP contribution is -2.45. The van der Waals surface area contributed by atoms with Crippen molar-refractivity contribution in [2.45, 2.75) is 0 Å². The number of nitrogens with two attached hydrogens (primary N) is 1. The van der Waals surface area contributed by atoms with Crippen LogP contribution in [-0.4, -0.2) is 61.2 Å². The summed E-state index contributed by atoms with van der Waals surface area (Å²) < 4.78 is 0. The standard InChI is InChI=1S/C13H18N8/c1-19-6-8-21(9-7-19)13-11(16)12(17-10-18-13)20(4-2-14)5-3-15/h10H,4-9,16H2,1H3. The van der Waals surface area contributed by atoms with Crippen molar-refractivity contribution >= 4 is 17.3 Å². The van der Waals surface area contributed by atoms with Crippen molar-refractivity contribution in [3.05, 3.63) is 6.33 Å². The van der Waals surface area contributed by atoms with Gasteiger partial charge >= 0.3 is 0 Å². The van der Waals surface area contributed by atoms with E-state index in [0.717, 1.165) is 26.2 Å². The number of likely N-dealkylation sites (N-methyl/N-ethyl adjacent to an activating group) is 1. The number of nitriles is 2. The zero-order valence-electron chi connectivity index (χ0n) is 12.0. The van der Waals surface area contributed by atoms with E-state index in [4.69, 9.17) is 16.3 Å². The van der Waals surface area contributed by atoms with Crippen LogP contribution >= 0.6 is 0 Å². The van der Waals surface area contributed by atoms with Crippen LogP contribution in [0.1, 0.15) is 0 Å². The summed E-state index contributed by atoms with van der Waals surface area (Å²) in [4.78, 5) is 14.3. The third kappa shape index (κ3) is 3.30. The van der Waals surface area contributed by atoms with Crippen LogP contribution in [0, 0.1) is 22.7 Å². The number of nitrogen functional groups attached to an aromatic ring is 1. The van der Waals surface area contributed by atoms with Crippen LogP contribution in [0.3, 0.4) is 0 Å². The van der Waals surface area contributed by atoms with Crippen LogP contribution in [0.4, 0.5) is 17.3 Å². The maximum atomic E-state index is 8.86. The molecule has 2 rings (SSSR count). The predicted molar refractivity (Wildman–Crippen MR) is 79.6 cm³/mol. The molecule has 8 heteroatoms. The van der Waals surface area contributed by atoms with E-state index in [1.165, 1.54) is 6.33 Å². The Morgan fingerprint density at radius 1 is 1.19 bits per heavy atom. The molecule has 1 aromatic rings. The molecule has 0 aliphatic carbocycles. The van der Waals surface area contributed by atoms with Crippen LogP contribution < -0.4 is 15.5 Å². The van der Waals surface area contributed by atoms with Gasteiger partial charge in [-0.05, 0) is 7.05 Å². The number of rotatable bonds is 4. The average Bonchev–Trinajstić information content (AvgIpc) is 2.48. The zero-order chi connectivity index (χ0) is 15.2. The Morgan fingerprint density at radius 3 is 2.38 bits per heavy atom. The molecule has 1 aliphatic rings. The minimum Gasteiger partial charge on any atom is -0.393 e. The van der Waals surface area contributed by atoms with E-state index in [2.05, 4.69) is 26.8 Å². The summed E-state index contributed by atoms with van der Waals surface area (Å²) in [6, 6.07) is 4.04. The van der Waals surface area contributed by atoms with Crippen LogP contribution in [0.2, 0.25) is 0 Å². The zero-order valence-corrected chi connectivity index (χ0v) is 12.0. The van der Waals surface area contributed by atoms with Gasteiger partial charge in [0.05, 0.1) is 12.1 Å². The predicted octanol–water partition coefficient (Wildman–Crippen LogP) is -0.336. The molecule has 1 aromatic heterocycles. The Morgan fingerprint density at radius 2 is 1.81 bits per heavy atom. The van der Waals surface area contributed by atoms with Crippen molar-refractivity contribution in [3.63, 3.8) is 0 Å². The SMILES string of the molecule is CN1CCN(c2ncnc(N(CC#N)CC#N)c2N)CC1. The van der Waals surface area contributed by atoms with Crippen LogP contribution in [-0.2, 0) is 0 Å². The maximum Gasteiger partial charge on any atom is 0.159 e. The number of nitrogens with zero attached hydrogens (tertiary/aromatic N) is 7. The summed E-state index contributed by atoms with van der Waals surface area (Å²) in [7, 11) is 2.08. The van der Waals surface area contributed by atoms with E-state index in [1.54, 1.807) is 4.90 Å². The molecular formula is C13H18N8. The molecule has 1 saturated heterocycles. The second kappa shape index (κ2) is 6.73. The highest BCUT2D eigenvalue weighted by molar-refractivity contribution is 5.76. The van der Waals surface area contributed by atoms with Gasteiger partial charge in [-0.25, -0.2) is 9.97 Å². The molecule has 0 bridgehead atoms. The van der Waals surface area contributed by atoms with E-state index < -0.39 is 0 Å². The van der Waals surface area contributed by atoms with Crippen LogP contribution in [0.5, 0.6) is 0 Å². The Labute approximate surface area is 124 Å². The number of hydrogen-bond acceptors (Lipinski definition) is 8. The van der Waals surface area contributed by atoms with Gasteiger partial charge < -0.3 is 20.4 Å². The van der Waals surface area contributed by atoms with E-state index in [9.17, 15) is 0 Å². The lowest BCUT2D eigenvalue weighted by atomic mass is 10.3. The van der Waals surface area contributed by atoms with Gasteiger partial charge in [-0.15, -0.1) is 0 Å². The number of hydrogen-bond donors (Lipinski definition) is 1. The third-order valence-corrected chi connectivity index (χ3v) is 3.47. The molecule has 8 nitrogen and oxygen atoms in total. The minimum absolute atomic E-state index is 0.0664. The molecule has 2 heterocycles. The van der Waals surface area contributed by atoms with Gasteiger partial charge in [-0.2, -0.15) is 10.5 Å². The van der Waals surface area contributed by atoms with Gasteiger partial charge in [-0.3, -0.25) is 0 Å². The summed E-state index contributed by atoms with van der Waals surface area (Å²) in [5.74, 6) is 1.12. The van der Waals surface area contributed by atoms with Crippen LogP contribution in [0.25, 0.3) is 0 Å². The first-order valence-corrected chi connectivity index (χ1v) is 6.70. The molecule has 21 heavy (non-hydrogen) atoms. The molecule has 1 aliphatic heterocycles. The summed E-state index contributed by atoms with van der Waals surface area (Å²) in [5, 5.41) is 17.7. The molecule has 2 N–H and O–H groups in total. The lowest BCUT2D eigenvalue weighted by Gasteiger charge is -2.34. The summed E-state index contributed by atoms with van der Waals surface area (Å²) in [6.07, 6.45) is 1.43. The number of piperazine rings is 1. The highest BCUT2D eigenvalue weighted by atomic mass is 15.3. The Kier molecular flexibility index (Phi) is 4.75. The molecule has 0 amide bonds. The van der Waals surface area contributed by atoms with Gasteiger partial charge in [0.2, 0.25) is 0 Å². The molecule has 1 fully saturated rings. The van der Waals surface area contributed by atoms with Gasteiger partial charge in [0.1, 0.15) is 25.1 Å². The molecule has 110 valence electrons. The smallest absolute Gasteiger partial charge is 0.159 e. The largest absolute Gasteiger partial charge is 0.393 e. The minimum atomic E-state index is 0.0664. The van der Waals surface area contributed by atoms with E-state index in [0.29, 0.717) is 17.3 Å². The fourth-order valence-corrected chi connectivity index (χ4v) is 2.28. The fraction of sp³-hybridized carbons (Fsp3) is 0.538. The van der Waals surface area contributed by atoms with Gasteiger partial charge in [-0.1, -0.05) is 0 Å². The van der Waals surface area contributed by atoms with Crippen molar-refractivity contribution in [1.82, 2.24) is 14.9 Å². The second-order valence-electron chi connectivity index (χ2n) is 4.90.